The molecule has 5 aromatic carbocycles. The number of hydrogen-bond acceptors (Lipinski definition) is 8. The van der Waals surface area contributed by atoms with Crippen molar-refractivity contribution in [3.8, 4) is 22.5 Å². The van der Waals surface area contributed by atoms with Gasteiger partial charge in [0.2, 0.25) is 0 Å². The lowest BCUT2D eigenvalue weighted by Crippen LogP contribution is -2.39. The van der Waals surface area contributed by atoms with E-state index in [2.05, 4.69) is 57.8 Å². The Morgan fingerprint density at radius 3 is 1.79 bits per heavy atom. The van der Waals surface area contributed by atoms with E-state index in [0.29, 0.717) is 23.2 Å². The van der Waals surface area contributed by atoms with Crippen molar-refractivity contribution in [2.45, 2.75) is 50.2 Å². The van der Waals surface area contributed by atoms with E-state index >= 15 is 0 Å². The number of imidazole rings is 1. The lowest BCUT2D eigenvalue weighted by Gasteiger charge is -2.36. The third kappa shape index (κ3) is 6.67. The predicted octanol–water partition coefficient (Wildman–Crippen LogP) is 8.37. The van der Waals surface area contributed by atoms with Gasteiger partial charge in [-0.2, -0.15) is 0 Å². The summed E-state index contributed by atoms with van der Waals surface area (Å²) in [5.74, 6) is 0.0264. The maximum Gasteiger partial charge on any atom is 0.359 e. The molecule has 10 heteroatoms. The van der Waals surface area contributed by atoms with E-state index in [0.717, 1.165) is 38.9 Å². The number of esters is 1. The number of carbonyl (C=O) groups is 1. The molecule has 0 saturated carbocycles. The molecule has 7 aromatic rings. The van der Waals surface area contributed by atoms with Crippen molar-refractivity contribution in [1.29, 1.82) is 0 Å². The van der Waals surface area contributed by atoms with Gasteiger partial charge >= 0.3 is 5.97 Å². The van der Waals surface area contributed by atoms with E-state index in [1.165, 1.54) is 11.8 Å². The maximum absolute atomic E-state index is 13.3. The summed E-state index contributed by atoms with van der Waals surface area (Å²) < 4.78 is 9.54. The lowest BCUT2D eigenvalue weighted by atomic mass is 9.77. The first-order chi connectivity index (χ1) is 25.8. The Kier molecular flexibility index (Phi) is 10.1. The third-order valence-corrected chi connectivity index (χ3v) is 10.0. The quantitative estimate of drug-likeness (QED) is 0.0763. The minimum absolute atomic E-state index is 0.0473. The zero-order chi connectivity index (χ0) is 37.0. The molecule has 9 nitrogen and oxygen atoms in total. The van der Waals surface area contributed by atoms with E-state index in [-0.39, 0.29) is 12.3 Å². The Balaban J connectivity index is 1.25. The van der Waals surface area contributed by atoms with E-state index < -0.39 is 17.1 Å². The van der Waals surface area contributed by atoms with Crippen molar-refractivity contribution in [3.63, 3.8) is 0 Å². The molecule has 53 heavy (non-hydrogen) atoms. The van der Waals surface area contributed by atoms with E-state index in [1.807, 2.05) is 119 Å². The first-order valence-corrected chi connectivity index (χ1v) is 18.7. The number of rotatable bonds is 12. The van der Waals surface area contributed by atoms with Gasteiger partial charge in [-0.3, -0.25) is 0 Å². The molecule has 0 aliphatic rings. The molecular formula is C43H40N6O3S. The van der Waals surface area contributed by atoms with Gasteiger partial charge in [0, 0.05) is 12.1 Å². The van der Waals surface area contributed by atoms with Crippen molar-refractivity contribution < 1.29 is 14.6 Å². The zero-order valence-electron chi connectivity index (χ0n) is 30.0. The third-order valence-electron chi connectivity index (χ3n) is 9.37. The van der Waals surface area contributed by atoms with Crippen molar-refractivity contribution in [3.05, 3.63) is 173 Å². The van der Waals surface area contributed by atoms with Crippen LogP contribution in [-0.2, 0) is 29.0 Å². The molecule has 2 heterocycles. The van der Waals surface area contributed by atoms with Crippen LogP contribution in [0.1, 0.15) is 59.2 Å². The average molecular weight is 721 g/mol. The second-order valence-corrected chi connectivity index (χ2v) is 13.9. The molecule has 0 spiro atoms. The Morgan fingerprint density at radius 1 is 0.755 bits per heavy atom. The van der Waals surface area contributed by atoms with Crippen LogP contribution in [0.15, 0.2) is 145 Å². The van der Waals surface area contributed by atoms with Gasteiger partial charge in [-0.25, -0.2) is 14.5 Å². The SMILES string of the molecule is CCn1c(SC)nc(C(=O)OCc2ccc(-c3ccccc3-c3nnnn3C(c3ccccc3)(c3ccccc3)c3ccccc3)cc2)c1C(C)(C)O. The molecule has 0 fully saturated rings. The van der Waals surface area contributed by atoms with Crippen LogP contribution in [0.3, 0.4) is 0 Å². The second kappa shape index (κ2) is 15.0. The molecule has 0 atom stereocenters. The number of hydrogen-bond donors (Lipinski definition) is 1. The van der Waals surface area contributed by atoms with Gasteiger partial charge in [0.15, 0.2) is 16.7 Å². The summed E-state index contributed by atoms with van der Waals surface area (Å²) in [6.07, 6.45) is 1.89. The number of aliphatic hydroxyl groups is 1. The van der Waals surface area contributed by atoms with E-state index in [1.54, 1.807) is 13.8 Å². The van der Waals surface area contributed by atoms with Gasteiger partial charge in [-0.1, -0.05) is 151 Å². The molecule has 0 amide bonds. The van der Waals surface area contributed by atoms with Crippen LogP contribution in [0.2, 0.25) is 0 Å². The van der Waals surface area contributed by atoms with Crippen LogP contribution in [0, 0.1) is 0 Å². The predicted molar refractivity (Wildman–Crippen MR) is 207 cm³/mol. The van der Waals surface area contributed by atoms with E-state index in [9.17, 15) is 9.90 Å². The summed E-state index contributed by atoms with van der Waals surface area (Å²) in [6, 6.07) is 47.0. The maximum atomic E-state index is 13.3. The van der Waals surface area contributed by atoms with Gasteiger partial charge in [0.05, 0.1) is 5.69 Å². The molecule has 0 saturated heterocycles. The van der Waals surface area contributed by atoms with Gasteiger partial charge in [0.1, 0.15) is 17.7 Å². The normalized spacial score (nSPS) is 11.8. The van der Waals surface area contributed by atoms with Crippen LogP contribution >= 0.6 is 11.8 Å². The Hall–Kier alpha value is -5.84. The smallest absolute Gasteiger partial charge is 0.359 e. The number of carbonyl (C=O) groups excluding carboxylic acids is 1. The highest BCUT2D eigenvalue weighted by Crippen LogP contribution is 2.43. The van der Waals surface area contributed by atoms with Crippen molar-refractivity contribution in [1.82, 2.24) is 29.8 Å². The molecule has 0 bridgehead atoms. The molecule has 0 unspecified atom stereocenters. The summed E-state index contributed by atoms with van der Waals surface area (Å²) >= 11 is 1.42. The Bertz CT molecular complexity index is 2220. The molecule has 1 N–H and O–H groups in total. The monoisotopic (exact) mass is 720 g/mol. The van der Waals surface area contributed by atoms with Gasteiger partial charge in [-0.15, -0.1) is 5.10 Å². The molecule has 2 aromatic heterocycles. The van der Waals surface area contributed by atoms with Crippen molar-refractivity contribution >= 4 is 17.7 Å². The van der Waals surface area contributed by atoms with Crippen molar-refractivity contribution in [2.75, 3.05) is 6.26 Å². The first kappa shape index (κ1) is 35.6. The molecular weight excluding hydrogens is 681 g/mol. The topological polar surface area (TPSA) is 108 Å². The molecule has 266 valence electrons. The number of thioether (sulfide) groups is 1. The van der Waals surface area contributed by atoms with E-state index in [4.69, 9.17) is 9.95 Å². The number of ether oxygens (including phenoxy) is 1. The van der Waals surface area contributed by atoms with Gasteiger partial charge in [-0.05, 0) is 70.8 Å². The van der Waals surface area contributed by atoms with Crippen LogP contribution in [0.25, 0.3) is 22.5 Å². The van der Waals surface area contributed by atoms with Crippen LogP contribution in [0.4, 0.5) is 0 Å². The summed E-state index contributed by atoms with van der Waals surface area (Å²) in [7, 11) is 0. The highest BCUT2D eigenvalue weighted by molar-refractivity contribution is 7.98. The standard InChI is InChI=1S/C43H40N6O3S/c1-5-48-38(42(2,3)51)37(44-41(48)53-4)40(50)52-29-30-25-27-31(28-26-30)35-23-15-16-24-36(35)39-45-46-47-49(39)43(32-17-9-6-10-18-32,33-19-11-7-12-20-33)34-21-13-8-14-22-34/h6-28,51H,5,29H2,1-4H3. The number of aromatic nitrogens is 6. The minimum Gasteiger partial charge on any atom is -0.456 e. The van der Waals surface area contributed by atoms with Crippen LogP contribution in [-0.4, -0.2) is 47.1 Å². The second-order valence-electron chi connectivity index (χ2n) is 13.1. The lowest BCUT2D eigenvalue weighted by molar-refractivity contribution is 0.0421. The molecule has 0 aliphatic heterocycles. The minimum atomic E-state index is -1.27. The summed E-state index contributed by atoms with van der Waals surface area (Å²) in [4.78, 5) is 17.8. The number of benzene rings is 5. The summed E-state index contributed by atoms with van der Waals surface area (Å²) in [5, 5.41) is 25.2. The highest BCUT2D eigenvalue weighted by atomic mass is 32.2. The van der Waals surface area contributed by atoms with Crippen LogP contribution in [0.5, 0.6) is 0 Å². The van der Waals surface area contributed by atoms with Crippen molar-refractivity contribution in [2.24, 2.45) is 0 Å². The van der Waals surface area contributed by atoms with Crippen LogP contribution < -0.4 is 0 Å². The largest absolute Gasteiger partial charge is 0.456 e. The molecule has 7 rings (SSSR count). The average Bonchev–Trinajstić information content (AvgIpc) is 3.85. The summed E-state index contributed by atoms with van der Waals surface area (Å²) in [6.45, 7) is 5.87. The fourth-order valence-electron chi connectivity index (χ4n) is 7.06. The zero-order valence-corrected chi connectivity index (χ0v) is 30.9. The highest BCUT2D eigenvalue weighted by Gasteiger charge is 2.42. The van der Waals surface area contributed by atoms with Gasteiger partial charge < -0.3 is 14.4 Å². The first-order valence-electron chi connectivity index (χ1n) is 17.5. The fraction of sp³-hybridized carbons (Fsp3) is 0.186. The summed E-state index contributed by atoms with van der Waals surface area (Å²) in [5.41, 5.74) is 5.02. The number of nitrogens with zero attached hydrogens (tertiary/aromatic N) is 6. The Labute approximate surface area is 313 Å². The van der Waals surface area contributed by atoms with Gasteiger partial charge in [0.25, 0.3) is 0 Å². The molecule has 0 aliphatic carbocycles. The number of tetrazole rings is 1. The Morgan fingerprint density at radius 2 is 1.28 bits per heavy atom. The molecule has 0 radical (unpaired) electrons. The fourth-order valence-corrected chi connectivity index (χ4v) is 7.68.